The fourth-order valence-corrected chi connectivity index (χ4v) is 1.58. The lowest BCUT2D eigenvalue weighted by atomic mass is 10.2. The van der Waals surface area contributed by atoms with Crippen LogP contribution in [0, 0.1) is 10.5 Å². The van der Waals surface area contributed by atoms with Crippen LogP contribution < -0.4 is 0 Å². The quantitative estimate of drug-likeness (QED) is 0.822. The fourth-order valence-electron chi connectivity index (χ4n) is 1.09. The van der Waals surface area contributed by atoms with E-state index < -0.39 is 0 Å². The maximum Gasteiger partial charge on any atom is 0.261 e. The average molecular weight is 302 g/mol. The molecule has 0 bridgehead atoms. The molecule has 0 saturated carbocycles. The molecule has 2 rings (SSSR count). The number of phenols is 1. The second-order valence-electron chi connectivity index (χ2n) is 2.81. The summed E-state index contributed by atoms with van der Waals surface area (Å²) in [6.45, 7) is 1.73. The van der Waals surface area contributed by atoms with Crippen LogP contribution in [0.15, 0.2) is 22.7 Å². The molecule has 0 fully saturated rings. The van der Waals surface area contributed by atoms with E-state index in [9.17, 15) is 5.11 Å². The van der Waals surface area contributed by atoms with Crippen LogP contribution in [0.25, 0.3) is 11.5 Å². The van der Waals surface area contributed by atoms with Gasteiger partial charge in [0.25, 0.3) is 5.89 Å². The van der Waals surface area contributed by atoms with Gasteiger partial charge in [0.15, 0.2) is 5.82 Å². The van der Waals surface area contributed by atoms with Gasteiger partial charge in [0.1, 0.15) is 5.75 Å². The number of aryl methyl sites for hydroxylation is 1. The van der Waals surface area contributed by atoms with Crippen LogP contribution in [0.3, 0.4) is 0 Å². The van der Waals surface area contributed by atoms with Gasteiger partial charge in [0.05, 0.1) is 5.56 Å². The summed E-state index contributed by atoms with van der Waals surface area (Å²) in [5.41, 5.74) is 0.567. The van der Waals surface area contributed by atoms with Crippen molar-refractivity contribution in [2.24, 2.45) is 0 Å². The smallest absolute Gasteiger partial charge is 0.261 e. The molecule has 0 amide bonds. The first-order chi connectivity index (χ1) is 6.66. The van der Waals surface area contributed by atoms with Gasteiger partial charge in [-0.25, -0.2) is 0 Å². The molecule has 1 aromatic heterocycles. The molecule has 0 spiro atoms. The van der Waals surface area contributed by atoms with Crippen molar-refractivity contribution in [3.8, 4) is 17.2 Å². The third kappa shape index (κ3) is 1.72. The zero-order valence-electron chi connectivity index (χ0n) is 7.36. The van der Waals surface area contributed by atoms with Crippen LogP contribution in [0.4, 0.5) is 0 Å². The number of halogens is 1. The maximum absolute atomic E-state index is 9.57. The van der Waals surface area contributed by atoms with Gasteiger partial charge in [-0.15, -0.1) is 0 Å². The topological polar surface area (TPSA) is 59.2 Å². The molecule has 1 aromatic carbocycles. The molecule has 5 heteroatoms. The molecule has 1 N–H and O–H groups in total. The molecule has 4 nitrogen and oxygen atoms in total. The number of rotatable bonds is 1. The van der Waals surface area contributed by atoms with E-state index in [-0.39, 0.29) is 5.75 Å². The second-order valence-corrected chi connectivity index (χ2v) is 4.05. The van der Waals surface area contributed by atoms with Gasteiger partial charge in [0.2, 0.25) is 0 Å². The molecule has 14 heavy (non-hydrogen) atoms. The van der Waals surface area contributed by atoms with Crippen molar-refractivity contribution in [1.82, 2.24) is 10.1 Å². The molecule has 0 unspecified atom stereocenters. The normalized spacial score (nSPS) is 10.4. The van der Waals surface area contributed by atoms with Crippen molar-refractivity contribution in [2.45, 2.75) is 6.92 Å². The van der Waals surface area contributed by atoms with Gasteiger partial charge in [-0.2, -0.15) is 4.98 Å². The van der Waals surface area contributed by atoms with E-state index in [0.717, 1.165) is 3.57 Å². The molecule has 0 aliphatic carbocycles. The van der Waals surface area contributed by atoms with E-state index in [1.165, 1.54) is 0 Å². The molecular formula is C9H7IN2O2. The Kier molecular flexibility index (Phi) is 2.40. The maximum atomic E-state index is 9.57. The van der Waals surface area contributed by atoms with Gasteiger partial charge in [0, 0.05) is 3.57 Å². The summed E-state index contributed by atoms with van der Waals surface area (Å²) in [5.74, 6) is 1.05. The van der Waals surface area contributed by atoms with E-state index >= 15 is 0 Å². The van der Waals surface area contributed by atoms with E-state index in [0.29, 0.717) is 17.3 Å². The summed E-state index contributed by atoms with van der Waals surface area (Å²) in [7, 11) is 0. The minimum atomic E-state index is 0.147. The van der Waals surface area contributed by atoms with Gasteiger partial charge in [-0.05, 0) is 47.7 Å². The zero-order valence-corrected chi connectivity index (χ0v) is 9.52. The van der Waals surface area contributed by atoms with Gasteiger partial charge in [-0.1, -0.05) is 5.16 Å². The summed E-state index contributed by atoms with van der Waals surface area (Å²) in [6.07, 6.45) is 0. The highest BCUT2D eigenvalue weighted by atomic mass is 127. The molecule has 0 atom stereocenters. The Morgan fingerprint density at radius 3 is 2.86 bits per heavy atom. The van der Waals surface area contributed by atoms with Gasteiger partial charge >= 0.3 is 0 Å². The Hall–Kier alpha value is -1.11. The summed E-state index contributed by atoms with van der Waals surface area (Å²) in [5, 5.41) is 13.2. The Bertz CT molecular complexity index is 468. The van der Waals surface area contributed by atoms with Crippen molar-refractivity contribution in [3.05, 3.63) is 27.6 Å². The van der Waals surface area contributed by atoms with Gasteiger partial charge < -0.3 is 9.63 Å². The lowest BCUT2D eigenvalue weighted by Gasteiger charge is -1.98. The van der Waals surface area contributed by atoms with Crippen molar-refractivity contribution in [1.29, 1.82) is 0 Å². The first-order valence-corrected chi connectivity index (χ1v) is 5.04. The first kappa shape index (κ1) is 9.45. The lowest BCUT2D eigenvalue weighted by Crippen LogP contribution is -1.81. The van der Waals surface area contributed by atoms with E-state index in [1.54, 1.807) is 19.1 Å². The molecule has 0 aliphatic rings. The van der Waals surface area contributed by atoms with E-state index in [1.807, 2.05) is 6.07 Å². The lowest BCUT2D eigenvalue weighted by molar-refractivity contribution is 0.420. The molecule has 0 radical (unpaired) electrons. The predicted octanol–water partition coefficient (Wildman–Crippen LogP) is 2.36. The molecular weight excluding hydrogens is 295 g/mol. The highest BCUT2D eigenvalue weighted by Crippen LogP contribution is 2.28. The summed E-state index contributed by atoms with van der Waals surface area (Å²) < 4.78 is 5.97. The van der Waals surface area contributed by atoms with Gasteiger partial charge in [-0.3, -0.25) is 0 Å². The van der Waals surface area contributed by atoms with Crippen LogP contribution in [0.1, 0.15) is 5.82 Å². The Balaban J connectivity index is 2.55. The summed E-state index contributed by atoms with van der Waals surface area (Å²) >= 11 is 2.15. The van der Waals surface area contributed by atoms with E-state index in [2.05, 4.69) is 32.7 Å². The number of phenolic OH excluding ortho intramolecular Hbond substituents is 1. The summed E-state index contributed by atoms with van der Waals surface area (Å²) in [6, 6.07) is 5.21. The van der Waals surface area contributed by atoms with E-state index in [4.69, 9.17) is 4.52 Å². The number of hydrogen-bond donors (Lipinski definition) is 1. The van der Waals surface area contributed by atoms with Crippen LogP contribution in [-0.2, 0) is 0 Å². The van der Waals surface area contributed by atoms with Crippen LogP contribution >= 0.6 is 22.6 Å². The van der Waals surface area contributed by atoms with Crippen molar-refractivity contribution in [2.75, 3.05) is 0 Å². The van der Waals surface area contributed by atoms with Crippen LogP contribution in [0.5, 0.6) is 5.75 Å². The number of aromatic nitrogens is 2. The summed E-state index contributed by atoms with van der Waals surface area (Å²) in [4.78, 5) is 4.04. The number of nitrogens with zero attached hydrogens (tertiary/aromatic N) is 2. The monoisotopic (exact) mass is 302 g/mol. The third-order valence-electron chi connectivity index (χ3n) is 1.72. The fraction of sp³-hybridized carbons (Fsp3) is 0.111. The zero-order chi connectivity index (χ0) is 10.1. The Morgan fingerprint density at radius 1 is 1.43 bits per heavy atom. The third-order valence-corrected chi connectivity index (χ3v) is 2.39. The highest BCUT2D eigenvalue weighted by Gasteiger charge is 2.11. The second kappa shape index (κ2) is 3.56. The van der Waals surface area contributed by atoms with Crippen LogP contribution in [-0.4, -0.2) is 15.2 Å². The predicted molar refractivity (Wildman–Crippen MR) is 58.9 cm³/mol. The minimum absolute atomic E-state index is 0.147. The molecule has 2 aromatic rings. The van der Waals surface area contributed by atoms with Crippen LogP contribution in [0.2, 0.25) is 0 Å². The van der Waals surface area contributed by atoms with Crippen molar-refractivity contribution < 1.29 is 9.63 Å². The molecule has 0 aliphatic heterocycles. The minimum Gasteiger partial charge on any atom is -0.507 e. The first-order valence-electron chi connectivity index (χ1n) is 3.96. The Morgan fingerprint density at radius 2 is 2.21 bits per heavy atom. The molecule has 72 valence electrons. The average Bonchev–Trinajstić information content (AvgIpc) is 2.56. The standard InChI is InChI=1S/C9H7IN2O2/c1-5-11-9(14-12-5)7-4-6(10)2-3-8(7)13/h2-4,13H,1H3. The molecule has 0 saturated heterocycles. The largest absolute Gasteiger partial charge is 0.507 e. The number of aromatic hydroxyl groups is 1. The SMILES string of the molecule is Cc1noc(-c2cc(I)ccc2O)n1. The number of hydrogen-bond acceptors (Lipinski definition) is 4. The van der Waals surface area contributed by atoms with Crippen molar-refractivity contribution >= 4 is 22.6 Å². The Labute approximate surface area is 94.1 Å². The van der Waals surface area contributed by atoms with Crippen molar-refractivity contribution in [3.63, 3.8) is 0 Å². The highest BCUT2D eigenvalue weighted by molar-refractivity contribution is 14.1. The number of benzene rings is 1. The molecule has 1 heterocycles.